The van der Waals surface area contributed by atoms with Crippen molar-refractivity contribution in [3.63, 3.8) is 0 Å². The molecule has 2 bridgehead atoms. The standard InChI is InChI=1S/C22H32N2.H2/c1-16-8-9-20-19(14-16)22(15-23-20)10-12-24(13-11-22)21-17-4-2-5-18(21)7-3-6-17;/h8-9,14,17-18,21,23H,2-7,10-13,15H2,1H3;1H. The minimum Gasteiger partial charge on any atom is -0.384 e. The first-order valence-corrected chi connectivity index (χ1v) is 10.3. The maximum absolute atomic E-state index is 3.70. The van der Waals surface area contributed by atoms with E-state index in [-0.39, 0.29) is 1.43 Å². The van der Waals surface area contributed by atoms with Crippen LogP contribution in [-0.2, 0) is 5.41 Å². The highest BCUT2D eigenvalue weighted by Gasteiger charge is 2.46. The molecule has 2 aliphatic heterocycles. The van der Waals surface area contributed by atoms with Crippen LogP contribution in [0.4, 0.5) is 5.69 Å². The molecule has 0 aromatic heterocycles. The highest BCUT2D eigenvalue weighted by Crippen LogP contribution is 2.48. The fourth-order valence-electron chi connectivity index (χ4n) is 6.54. The Morgan fingerprint density at radius 3 is 2.38 bits per heavy atom. The minimum atomic E-state index is 0. The summed E-state index contributed by atoms with van der Waals surface area (Å²) in [7, 11) is 0. The van der Waals surface area contributed by atoms with Crippen molar-refractivity contribution >= 4 is 5.69 Å². The van der Waals surface area contributed by atoms with E-state index in [1.807, 2.05) is 0 Å². The molecular formula is C22H34N2. The van der Waals surface area contributed by atoms with Crippen molar-refractivity contribution < 1.29 is 1.43 Å². The number of hydrogen-bond donors (Lipinski definition) is 1. The van der Waals surface area contributed by atoms with E-state index in [2.05, 4.69) is 35.3 Å². The van der Waals surface area contributed by atoms with Gasteiger partial charge in [-0.05, 0) is 82.0 Å². The van der Waals surface area contributed by atoms with Gasteiger partial charge in [0.1, 0.15) is 0 Å². The van der Waals surface area contributed by atoms with E-state index in [0.29, 0.717) is 5.41 Å². The second-order valence-electron chi connectivity index (χ2n) is 9.09. The zero-order valence-corrected chi connectivity index (χ0v) is 15.2. The topological polar surface area (TPSA) is 15.3 Å². The Morgan fingerprint density at radius 1 is 1.04 bits per heavy atom. The van der Waals surface area contributed by atoms with E-state index in [4.69, 9.17) is 0 Å². The molecule has 5 rings (SSSR count). The quantitative estimate of drug-likeness (QED) is 0.784. The summed E-state index contributed by atoms with van der Waals surface area (Å²) < 4.78 is 0. The lowest BCUT2D eigenvalue weighted by molar-refractivity contribution is -0.00106. The maximum atomic E-state index is 3.70. The second kappa shape index (κ2) is 5.76. The van der Waals surface area contributed by atoms with Gasteiger partial charge in [0, 0.05) is 25.1 Å². The zero-order chi connectivity index (χ0) is 16.1. The summed E-state index contributed by atoms with van der Waals surface area (Å²) >= 11 is 0. The molecule has 0 radical (unpaired) electrons. The average molecular weight is 327 g/mol. The van der Waals surface area contributed by atoms with Crippen LogP contribution >= 0.6 is 0 Å². The van der Waals surface area contributed by atoms with Crippen LogP contribution in [0.1, 0.15) is 63.9 Å². The maximum Gasteiger partial charge on any atom is 0.0379 e. The molecule has 2 heterocycles. The predicted octanol–water partition coefficient (Wildman–Crippen LogP) is 4.97. The Kier molecular flexibility index (Phi) is 3.66. The van der Waals surface area contributed by atoms with E-state index in [0.717, 1.165) is 24.4 Å². The highest BCUT2D eigenvalue weighted by atomic mass is 15.2. The van der Waals surface area contributed by atoms with Crippen LogP contribution < -0.4 is 5.32 Å². The van der Waals surface area contributed by atoms with Gasteiger partial charge in [-0.15, -0.1) is 0 Å². The number of rotatable bonds is 1. The third-order valence-corrected chi connectivity index (χ3v) is 7.81. The summed E-state index contributed by atoms with van der Waals surface area (Å²) in [6.45, 7) is 6.06. The summed E-state index contributed by atoms with van der Waals surface area (Å²) in [5.74, 6) is 2.03. The Hall–Kier alpha value is -1.02. The minimum absolute atomic E-state index is 0. The fraction of sp³-hybridized carbons (Fsp3) is 0.727. The van der Waals surface area contributed by atoms with Crippen molar-refractivity contribution in [1.29, 1.82) is 0 Å². The molecule has 2 saturated carbocycles. The number of fused-ring (bicyclic) bond motifs is 4. The smallest absolute Gasteiger partial charge is 0.0379 e. The average Bonchev–Trinajstić information content (AvgIpc) is 2.93. The first kappa shape index (κ1) is 15.3. The molecule has 4 aliphatic rings. The number of likely N-dealkylation sites (tertiary alicyclic amines) is 1. The van der Waals surface area contributed by atoms with Gasteiger partial charge in [0.2, 0.25) is 0 Å². The van der Waals surface area contributed by atoms with Gasteiger partial charge in [-0.25, -0.2) is 0 Å². The fourth-order valence-corrected chi connectivity index (χ4v) is 6.54. The Bertz CT molecular complexity index is 598. The molecule has 1 aromatic rings. The molecule has 24 heavy (non-hydrogen) atoms. The molecule has 2 aliphatic carbocycles. The van der Waals surface area contributed by atoms with E-state index in [9.17, 15) is 0 Å². The van der Waals surface area contributed by atoms with Gasteiger partial charge in [-0.3, -0.25) is 4.90 Å². The Labute approximate surface area is 148 Å². The summed E-state index contributed by atoms with van der Waals surface area (Å²) in [6, 6.07) is 7.94. The number of nitrogens with one attached hydrogen (secondary N) is 1. The molecule has 1 saturated heterocycles. The number of anilines is 1. The van der Waals surface area contributed by atoms with Crippen molar-refractivity contribution in [3.8, 4) is 0 Å². The number of hydrogen-bond acceptors (Lipinski definition) is 2. The Morgan fingerprint density at radius 2 is 1.71 bits per heavy atom. The van der Waals surface area contributed by atoms with Crippen LogP contribution in [0.3, 0.4) is 0 Å². The monoisotopic (exact) mass is 326 g/mol. The molecule has 2 nitrogen and oxygen atoms in total. The van der Waals surface area contributed by atoms with Gasteiger partial charge in [-0.2, -0.15) is 0 Å². The van der Waals surface area contributed by atoms with Gasteiger partial charge in [0.05, 0.1) is 0 Å². The lowest BCUT2D eigenvalue weighted by atomic mass is 9.66. The van der Waals surface area contributed by atoms with Crippen molar-refractivity contribution in [2.45, 2.75) is 69.7 Å². The largest absolute Gasteiger partial charge is 0.384 e. The molecule has 0 atom stereocenters. The Balaban J connectivity index is 0.00000157. The van der Waals surface area contributed by atoms with Crippen LogP contribution in [0.2, 0.25) is 0 Å². The number of nitrogens with zero attached hydrogens (tertiary/aromatic N) is 1. The van der Waals surface area contributed by atoms with Gasteiger partial charge >= 0.3 is 0 Å². The summed E-state index contributed by atoms with van der Waals surface area (Å²) in [5, 5.41) is 3.70. The molecule has 1 N–H and O–H groups in total. The highest BCUT2D eigenvalue weighted by molar-refractivity contribution is 5.61. The zero-order valence-electron chi connectivity index (χ0n) is 15.2. The van der Waals surface area contributed by atoms with E-state index in [1.54, 1.807) is 5.56 Å². The van der Waals surface area contributed by atoms with E-state index in [1.165, 1.54) is 75.7 Å². The summed E-state index contributed by atoms with van der Waals surface area (Å²) in [5.41, 5.74) is 4.86. The van der Waals surface area contributed by atoms with Crippen LogP contribution in [0.15, 0.2) is 18.2 Å². The molecule has 0 unspecified atom stereocenters. The SMILES string of the molecule is Cc1ccc2c(c1)C1(CCN(C3C4CCCC3CCC4)CC1)CN2.[HH]. The summed E-state index contributed by atoms with van der Waals surface area (Å²) in [4.78, 5) is 2.92. The van der Waals surface area contributed by atoms with Crippen molar-refractivity contribution in [1.82, 2.24) is 4.90 Å². The number of aryl methyl sites for hydroxylation is 1. The van der Waals surface area contributed by atoms with Crippen LogP contribution in [0.25, 0.3) is 0 Å². The first-order chi connectivity index (χ1) is 11.8. The molecule has 2 heteroatoms. The van der Waals surface area contributed by atoms with Gasteiger partial charge < -0.3 is 5.32 Å². The van der Waals surface area contributed by atoms with Crippen molar-refractivity contribution in [2.24, 2.45) is 11.8 Å². The van der Waals surface area contributed by atoms with Gasteiger partial charge in [-0.1, -0.05) is 30.5 Å². The van der Waals surface area contributed by atoms with Crippen molar-refractivity contribution in [2.75, 3.05) is 25.0 Å². The molecular weight excluding hydrogens is 292 g/mol. The molecule has 1 aromatic carbocycles. The second-order valence-corrected chi connectivity index (χ2v) is 9.09. The van der Waals surface area contributed by atoms with Crippen molar-refractivity contribution in [3.05, 3.63) is 29.3 Å². The molecule has 1 spiro atoms. The third kappa shape index (κ3) is 2.33. The summed E-state index contributed by atoms with van der Waals surface area (Å²) in [6.07, 6.45) is 11.7. The predicted molar refractivity (Wildman–Crippen MR) is 103 cm³/mol. The first-order valence-electron chi connectivity index (χ1n) is 10.3. The molecule has 132 valence electrons. The lowest BCUT2D eigenvalue weighted by Crippen LogP contribution is -2.54. The normalized spacial score (nSPS) is 34.8. The van der Waals surface area contributed by atoms with E-state index < -0.39 is 0 Å². The van der Waals surface area contributed by atoms with Crippen LogP contribution in [0, 0.1) is 18.8 Å². The van der Waals surface area contributed by atoms with Crippen LogP contribution in [-0.4, -0.2) is 30.6 Å². The lowest BCUT2D eigenvalue weighted by Gasteiger charge is -2.51. The number of benzene rings is 1. The molecule has 0 amide bonds. The van der Waals surface area contributed by atoms with Gasteiger partial charge in [0.15, 0.2) is 0 Å². The van der Waals surface area contributed by atoms with Gasteiger partial charge in [0.25, 0.3) is 0 Å². The van der Waals surface area contributed by atoms with Crippen LogP contribution in [0.5, 0.6) is 0 Å². The molecule has 3 fully saturated rings. The number of piperidine rings is 1. The van der Waals surface area contributed by atoms with E-state index >= 15 is 0 Å². The third-order valence-electron chi connectivity index (χ3n) is 7.81.